The molecule has 0 aliphatic heterocycles. The summed E-state index contributed by atoms with van der Waals surface area (Å²) >= 11 is 1.48. The van der Waals surface area contributed by atoms with E-state index in [0.29, 0.717) is 6.61 Å². The highest BCUT2D eigenvalue weighted by Crippen LogP contribution is 2.28. The van der Waals surface area contributed by atoms with Crippen LogP contribution in [-0.2, 0) is 6.42 Å². The van der Waals surface area contributed by atoms with Crippen molar-refractivity contribution in [3.05, 3.63) is 40.4 Å². The van der Waals surface area contributed by atoms with Crippen molar-refractivity contribution >= 4 is 11.5 Å². The number of rotatable bonds is 7. The Hall–Kier alpha value is -1.46. The van der Waals surface area contributed by atoms with Crippen LogP contribution >= 0.6 is 11.5 Å². The summed E-state index contributed by atoms with van der Waals surface area (Å²) in [6, 6.07) is 8.37. The van der Waals surface area contributed by atoms with Gasteiger partial charge in [0.2, 0.25) is 0 Å². The molecule has 0 saturated heterocycles. The molecule has 1 unspecified atom stereocenters. The van der Waals surface area contributed by atoms with Gasteiger partial charge >= 0.3 is 0 Å². The molecular weight excluding hydrogens is 270 g/mol. The van der Waals surface area contributed by atoms with Gasteiger partial charge in [0.25, 0.3) is 0 Å². The summed E-state index contributed by atoms with van der Waals surface area (Å²) in [7, 11) is 1.97. The number of aryl methyl sites for hydroxylation is 1. The highest BCUT2D eigenvalue weighted by atomic mass is 32.1. The molecule has 0 radical (unpaired) electrons. The Morgan fingerprint density at radius 2 is 2.00 bits per heavy atom. The minimum absolute atomic E-state index is 0.146. The van der Waals surface area contributed by atoms with Crippen molar-refractivity contribution in [1.82, 2.24) is 14.9 Å². The van der Waals surface area contributed by atoms with Gasteiger partial charge in [-0.05, 0) is 49.6 Å². The number of hydrogen-bond acceptors (Lipinski definition) is 5. The Bertz CT molecular complexity index is 524. The van der Waals surface area contributed by atoms with E-state index in [4.69, 9.17) is 4.74 Å². The molecule has 0 fully saturated rings. The molecule has 0 saturated carbocycles. The maximum atomic E-state index is 5.48. The molecule has 5 heteroatoms. The Morgan fingerprint density at radius 3 is 2.60 bits per heavy atom. The second-order valence-corrected chi connectivity index (χ2v) is 5.34. The lowest BCUT2D eigenvalue weighted by Crippen LogP contribution is -2.18. The van der Waals surface area contributed by atoms with Crippen LogP contribution in [0.25, 0.3) is 0 Å². The molecule has 0 bridgehead atoms. The van der Waals surface area contributed by atoms with Gasteiger partial charge in [-0.2, -0.15) is 0 Å². The lowest BCUT2D eigenvalue weighted by molar-refractivity contribution is 0.340. The van der Waals surface area contributed by atoms with E-state index in [1.54, 1.807) is 0 Å². The molecule has 2 aromatic rings. The van der Waals surface area contributed by atoms with Gasteiger partial charge < -0.3 is 10.1 Å². The molecular formula is C15H21N3OS. The summed E-state index contributed by atoms with van der Waals surface area (Å²) < 4.78 is 9.59. The zero-order valence-electron chi connectivity index (χ0n) is 12.2. The number of aromatic nitrogens is 2. The number of nitrogens with zero attached hydrogens (tertiary/aromatic N) is 2. The molecule has 0 spiro atoms. The third-order valence-corrected chi connectivity index (χ3v) is 3.98. The van der Waals surface area contributed by atoms with E-state index in [1.165, 1.54) is 22.0 Å². The van der Waals surface area contributed by atoms with Crippen LogP contribution < -0.4 is 10.1 Å². The van der Waals surface area contributed by atoms with E-state index in [9.17, 15) is 0 Å². The first-order valence-electron chi connectivity index (χ1n) is 7.01. The standard InChI is InChI=1S/C15H21N3OS/c1-4-6-13-15(20-18-17-13)14(16-3)11-7-9-12(10-8-11)19-5-2/h7-10,14,16H,4-6H2,1-3H3. The molecule has 0 aliphatic rings. The molecule has 1 N–H and O–H groups in total. The molecule has 2 rings (SSSR count). The van der Waals surface area contributed by atoms with Gasteiger partial charge in [0.1, 0.15) is 5.75 Å². The second-order valence-electron chi connectivity index (χ2n) is 4.56. The fourth-order valence-corrected chi connectivity index (χ4v) is 3.05. The highest BCUT2D eigenvalue weighted by Gasteiger charge is 2.19. The first-order chi connectivity index (χ1) is 9.80. The van der Waals surface area contributed by atoms with Gasteiger partial charge in [-0.3, -0.25) is 0 Å². The van der Waals surface area contributed by atoms with Crippen molar-refractivity contribution in [3.63, 3.8) is 0 Å². The number of benzene rings is 1. The maximum Gasteiger partial charge on any atom is 0.119 e. The molecule has 1 atom stereocenters. The average Bonchev–Trinajstić information content (AvgIpc) is 2.91. The van der Waals surface area contributed by atoms with Gasteiger partial charge in [0.05, 0.1) is 23.2 Å². The van der Waals surface area contributed by atoms with E-state index < -0.39 is 0 Å². The number of hydrogen-bond donors (Lipinski definition) is 1. The van der Waals surface area contributed by atoms with Gasteiger partial charge in [0.15, 0.2) is 0 Å². The molecule has 1 aromatic heterocycles. The lowest BCUT2D eigenvalue weighted by Gasteiger charge is -2.16. The largest absolute Gasteiger partial charge is 0.494 e. The summed E-state index contributed by atoms with van der Waals surface area (Å²) in [5.74, 6) is 0.905. The lowest BCUT2D eigenvalue weighted by atomic mass is 10.0. The van der Waals surface area contributed by atoms with Crippen LogP contribution in [0.15, 0.2) is 24.3 Å². The molecule has 4 nitrogen and oxygen atoms in total. The molecule has 1 aromatic carbocycles. The van der Waals surface area contributed by atoms with Crippen LogP contribution in [-0.4, -0.2) is 23.2 Å². The molecule has 20 heavy (non-hydrogen) atoms. The topological polar surface area (TPSA) is 47.0 Å². The van der Waals surface area contributed by atoms with E-state index in [1.807, 2.05) is 26.1 Å². The van der Waals surface area contributed by atoms with Gasteiger partial charge in [-0.25, -0.2) is 0 Å². The Kier molecular flexibility index (Phi) is 5.49. The van der Waals surface area contributed by atoms with Crippen molar-refractivity contribution < 1.29 is 4.74 Å². The van der Waals surface area contributed by atoms with Crippen LogP contribution in [0.2, 0.25) is 0 Å². The second kappa shape index (κ2) is 7.36. The monoisotopic (exact) mass is 291 g/mol. The van der Waals surface area contributed by atoms with E-state index in [0.717, 1.165) is 24.3 Å². The van der Waals surface area contributed by atoms with Gasteiger partial charge in [-0.15, -0.1) is 5.10 Å². The Balaban J connectivity index is 2.24. The summed E-state index contributed by atoms with van der Waals surface area (Å²) in [4.78, 5) is 1.21. The Labute approximate surface area is 124 Å². The fourth-order valence-electron chi connectivity index (χ4n) is 2.22. The number of ether oxygens (including phenoxy) is 1. The SMILES string of the molecule is CCCc1nnsc1C(NC)c1ccc(OCC)cc1. The number of nitrogens with one attached hydrogen (secondary N) is 1. The predicted octanol–water partition coefficient (Wildman–Crippen LogP) is 3.20. The van der Waals surface area contributed by atoms with Crippen LogP contribution in [0.4, 0.5) is 0 Å². The minimum Gasteiger partial charge on any atom is -0.494 e. The fraction of sp³-hybridized carbons (Fsp3) is 0.467. The first kappa shape index (κ1) is 14.9. The van der Waals surface area contributed by atoms with Crippen molar-refractivity contribution in [2.75, 3.05) is 13.7 Å². The smallest absolute Gasteiger partial charge is 0.119 e. The third-order valence-electron chi connectivity index (χ3n) is 3.15. The van der Waals surface area contributed by atoms with Crippen LogP contribution in [0, 0.1) is 0 Å². The molecule has 1 heterocycles. The van der Waals surface area contributed by atoms with Crippen LogP contribution in [0.3, 0.4) is 0 Å². The maximum absolute atomic E-state index is 5.48. The van der Waals surface area contributed by atoms with Crippen LogP contribution in [0.1, 0.15) is 42.4 Å². The van der Waals surface area contributed by atoms with Crippen molar-refractivity contribution in [2.45, 2.75) is 32.7 Å². The molecule has 0 aliphatic carbocycles. The highest BCUT2D eigenvalue weighted by molar-refractivity contribution is 7.05. The summed E-state index contributed by atoms with van der Waals surface area (Å²) in [5.41, 5.74) is 2.31. The first-order valence-corrected chi connectivity index (χ1v) is 7.78. The van der Waals surface area contributed by atoms with Crippen molar-refractivity contribution in [3.8, 4) is 5.75 Å². The molecule has 0 amide bonds. The van der Waals surface area contributed by atoms with E-state index in [-0.39, 0.29) is 6.04 Å². The van der Waals surface area contributed by atoms with E-state index in [2.05, 4.69) is 34.0 Å². The quantitative estimate of drug-likeness (QED) is 0.851. The normalized spacial score (nSPS) is 12.3. The van der Waals surface area contributed by atoms with Crippen molar-refractivity contribution in [2.24, 2.45) is 0 Å². The summed E-state index contributed by atoms with van der Waals surface area (Å²) in [6.07, 6.45) is 2.05. The Morgan fingerprint density at radius 1 is 1.25 bits per heavy atom. The zero-order chi connectivity index (χ0) is 14.4. The zero-order valence-corrected chi connectivity index (χ0v) is 13.0. The average molecular weight is 291 g/mol. The van der Waals surface area contributed by atoms with Gasteiger partial charge in [0, 0.05) is 0 Å². The summed E-state index contributed by atoms with van der Waals surface area (Å²) in [6.45, 7) is 4.84. The summed E-state index contributed by atoms with van der Waals surface area (Å²) in [5, 5.41) is 7.61. The van der Waals surface area contributed by atoms with E-state index >= 15 is 0 Å². The molecule has 108 valence electrons. The van der Waals surface area contributed by atoms with Gasteiger partial charge in [-0.1, -0.05) is 30.0 Å². The third kappa shape index (κ3) is 3.35. The minimum atomic E-state index is 0.146. The predicted molar refractivity (Wildman–Crippen MR) is 82.4 cm³/mol. The van der Waals surface area contributed by atoms with Crippen LogP contribution in [0.5, 0.6) is 5.75 Å². The van der Waals surface area contributed by atoms with Crippen molar-refractivity contribution in [1.29, 1.82) is 0 Å².